The minimum Gasteiger partial charge on any atom is -0.457 e. The van der Waals surface area contributed by atoms with Crippen molar-refractivity contribution in [2.45, 2.75) is 12.3 Å². The van der Waals surface area contributed by atoms with Gasteiger partial charge in [0.2, 0.25) is 0 Å². The van der Waals surface area contributed by atoms with Crippen LogP contribution >= 0.6 is 22.6 Å². The maximum Gasteiger partial charge on any atom is 0.310 e. The van der Waals surface area contributed by atoms with E-state index in [1.807, 2.05) is 77.2 Å². The van der Waals surface area contributed by atoms with E-state index in [1.165, 1.54) is 5.56 Å². The van der Waals surface area contributed by atoms with Gasteiger partial charge in [0.1, 0.15) is 16.1 Å². The largest absolute Gasteiger partial charge is 0.457 e. The fraction of sp³-hybridized carbons (Fsp3) is 0.235. The molecule has 1 aliphatic carbocycles. The molecule has 2 unspecified atom stereocenters. The second kappa shape index (κ2) is 6.47. The molecular weight excluding hydrogens is 379 g/mol. The zero-order chi connectivity index (χ0) is 14.7. The number of esters is 1. The van der Waals surface area contributed by atoms with Gasteiger partial charge in [-0.2, -0.15) is 0 Å². The Labute approximate surface area is 137 Å². The fourth-order valence-electron chi connectivity index (χ4n) is 2.39. The van der Waals surface area contributed by atoms with Gasteiger partial charge >= 0.3 is 5.97 Å². The predicted octanol–water partition coefficient (Wildman–Crippen LogP) is 4.52. The van der Waals surface area contributed by atoms with Crippen LogP contribution in [0.2, 0.25) is 0 Å². The second-order valence-electron chi connectivity index (χ2n) is 5.01. The molecule has 0 aromatic heterocycles. The summed E-state index contributed by atoms with van der Waals surface area (Å²) in [7, 11) is 0. The molecule has 0 bridgehead atoms. The molecular formula is C17H15IO3. The van der Waals surface area contributed by atoms with E-state index < -0.39 is 0 Å². The number of hydrogen-bond donors (Lipinski definition) is 0. The highest BCUT2D eigenvalue weighted by molar-refractivity contribution is 14.1. The molecule has 3 rings (SSSR count). The maximum absolute atomic E-state index is 11.6. The molecule has 2 aromatic carbocycles. The normalized spacial score (nSPS) is 19.9. The summed E-state index contributed by atoms with van der Waals surface area (Å²) < 4.78 is 11.2. The number of carbonyl (C=O) groups is 1. The number of ether oxygens (including phenoxy) is 2. The monoisotopic (exact) mass is 394 g/mol. The smallest absolute Gasteiger partial charge is 0.310 e. The molecule has 2 atom stereocenters. The van der Waals surface area contributed by atoms with Gasteiger partial charge in [-0.15, -0.1) is 0 Å². The zero-order valence-corrected chi connectivity index (χ0v) is 13.5. The van der Waals surface area contributed by atoms with E-state index >= 15 is 0 Å². The number of hydrogen-bond acceptors (Lipinski definition) is 3. The van der Waals surface area contributed by atoms with Crippen molar-refractivity contribution in [3.63, 3.8) is 0 Å². The first kappa shape index (κ1) is 14.4. The number of rotatable bonds is 5. The zero-order valence-electron chi connectivity index (χ0n) is 11.4. The van der Waals surface area contributed by atoms with Crippen LogP contribution in [0.4, 0.5) is 0 Å². The molecule has 1 fully saturated rings. The Morgan fingerprint density at radius 1 is 1.05 bits per heavy atom. The third kappa shape index (κ3) is 3.56. The average Bonchev–Trinajstić information content (AvgIpc) is 3.30. The SMILES string of the molecule is O=C(OCI)C1CC1c1ccc(Oc2ccccc2)cc1. The molecule has 1 saturated carbocycles. The van der Waals surface area contributed by atoms with Gasteiger partial charge in [0.25, 0.3) is 0 Å². The van der Waals surface area contributed by atoms with Crippen LogP contribution in [0.25, 0.3) is 0 Å². The second-order valence-corrected chi connectivity index (χ2v) is 5.63. The third-order valence-corrected chi connectivity index (χ3v) is 3.89. The number of benzene rings is 2. The summed E-state index contributed by atoms with van der Waals surface area (Å²) in [6.07, 6.45) is 0.883. The Hall–Kier alpha value is -1.56. The van der Waals surface area contributed by atoms with Gasteiger partial charge in [-0.25, -0.2) is 0 Å². The van der Waals surface area contributed by atoms with Crippen LogP contribution in [0.15, 0.2) is 54.6 Å². The van der Waals surface area contributed by atoms with Crippen LogP contribution in [0.1, 0.15) is 17.9 Å². The number of alkyl halides is 1. The van der Waals surface area contributed by atoms with E-state index in [0.717, 1.165) is 17.9 Å². The lowest BCUT2D eigenvalue weighted by Crippen LogP contribution is -2.06. The Bertz CT molecular complexity index is 610. The van der Waals surface area contributed by atoms with E-state index in [1.54, 1.807) is 0 Å². The van der Waals surface area contributed by atoms with E-state index in [4.69, 9.17) is 9.47 Å². The van der Waals surface area contributed by atoms with Gasteiger partial charge in [0.05, 0.1) is 5.92 Å². The van der Waals surface area contributed by atoms with E-state index in [2.05, 4.69) is 0 Å². The predicted molar refractivity (Wildman–Crippen MR) is 88.8 cm³/mol. The molecule has 0 aliphatic heterocycles. The van der Waals surface area contributed by atoms with Crippen LogP contribution in [0, 0.1) is 5.92 Å². The van der Waals surface area contributed by atoms with Crippen molar-refractivity contribution in [3.05, 3.63) is 60.2 Å². The summed E-state index contributed by atoms with van der Waals surface area (Å²) in [5.41, 5.74) is 1.17. The van der Waals surface area contributed by atoms with Gasteiger partial charge in [-0.1, -0.05) is 30.3 Å². The molecule has 21 heavy (non-hydrogen) atoms. The number of para-hydroxylation sites is 1. The van der Waals surface area contributed by atoms with Gasteiger partial charge in [-0.3, -0.25) is 4.79 Å². The third-order valence-electron chi connectivity index (χ3n) is 3.58. The summed E-state index contributed by atoms with van der Waals surface area (Å²) in [4.78, 5) is 11.6. The molecule has 0 amide bonds. The summed E-state index contributed by atoms with van der Waals surface area (Å²) in [6.45, 7) is 0. The minimum atomic E-state index is -0.0842. The first-order chi connectivity index (χ1) is 10.3. The van der Waals surface area contributed by atoms with E-state index in [9.17, 15) is 4.79 Å². The van der Waals surface area contributed by atoms with E-state index in [-0.39, 0.29) is 11.9 Å². The molecule has 2 aromatic rings. The highest BCUT2D eigenvalue weighted by Gasteiger charge is 2.45. The lowest BCUT2D eigenvalue weighted by atomic mass is 10.1. The first-order valence-electron chi connectivity index (χ1n) is 6.83. The van der Waals surface area contributed by atoms with Crippen LogP contribution in [-0.2, 0) is 9.53 Å². The Morgan fingerprint density at radius 3 is 2.38 bits per heavy atom. The molecule has 0 saturated heterocycles. The first-order valence-corrected chi connectivity index (χ1v) is 8.36. The van der Waals surface area contributed by atoms with Crippen LogP contribution in [0.5, 0.6) is 11.5 Å². The number of halogens is 1. The lowest BCUT2D eigenvalue weighted by Gasteiger charge is -2.06. The van der Waals surface area contributed by atoms with Crippen molar-refractivity contribution in [2.75, 3.05) is 4.61 Å². The lowest BCUT2D eigenvalue weighted by molar-refractivity contribution is -0.142. The molecule has 4 heteroatoms. The highest BCUT2D eigenvalue weighted by atomic mass is 127. The van der Waals surface area contributed by atoms with Crippen molar-refractivity contribution < 1.29 is 14.3 Å². The van der Waals surface area contributed by atoms with Crippen molar-refractivity contribution in [3.8, 4) is 11.5 Å². The Balaban J connectivity index is 1.62. The Kier molecular flexibility index (Phi) is 4.43. The van der Waals surface area contributed by atoms with Gasteiger partial charge in [-0.05, 0) is 64.8 Å². The molecule has 0 heterocycles. The number of carbonyl (C=O) groups excluding carboxylic acids is 1. The Morgan fingerprint density at radius 2 is 1.71 bits per heavy atom. The van der Waals surface area contributed by atoms with Gasteiger partial charge in [0, 0.05) is 0 Å². The molecule has 1 aliphatic rings. The van der Waals surface area contributed by atoms with Crippen molar-refractivity contribution in [1.29, 1.82) is 0 Å². The molecule has 0 spiro atoms. The molecule has 0 N–H and O–H groups in total. The summed E-state index contributed by atoms with van der Waals surface area (Å²) in [6, 6.07) is 17.6. The standard InChI is InChI=1S/C17H15IO3/c18-11-20-17(19)16-10-15(16)12-6-8-14(9-7-12)21-13-4-2-1-3-5-13/h1-9,15-16H,10-11H2. The minimum absolute atomic E-state index is 0.0284. The van der Waals surface area contributed by atoms with E-state index in [0.29, 0.717) is 10.5 Å². The maximum atomic E-state index is 11.6. The fourth-order valence-corrected chi connectivity index (χ4v) is 2.70. The topological polar surface area (TPSA) is 35.5 Å². The average molecular weight is 394 g/mol. The quantitative estimate of drug-likeness (QED) is 0.425. The summed E-state index contributed by atoms with van der Waals surface area (Å²) in [5, 5.41) is 0. The summed E-state index contributed by atoms with van der Waals surface area (Å²) >= 11 is 2.04. The van der Waals surface area contributed by atoms with Crippen LogP contribution < -0.4 is 4.74 Å². The van der Waals surface area contributed by atoms with Crippen molar-refractivity contribution >= 4 is 28.6 Å². The summed E-state index contributed by atoms with van der Waals surface area (Å²) in [5.74, 6) is 1.86. The van der Waals surface area contributed by atoms with Crippen LogP contribution in [-0.4, -0.2) is 10.6 Å². The molecule has 108 valence electrons. The molecule has 0 radical (unpaired) electrons. The highest BCUT2D eigenvalue weighted by Crippen LogP contribution is 2.48. The van der Waals surface area contributed by atoms with Gasteiger partial charge in [0.15, 0.2) is 0 Å². The van der Waals surface area contributed by atoms with Crippen molar-refractivity contribution in [2.24, 2.45) is 5.92 Å². The molecule has 3 nitrogen and oxygen atoms in total. The van der Waals surface area contributed by atoms with Gasteiger partial charge < -0.3 is 9.47 Å². The van der Waals surface area contributed by atoms with Crippen LogP contribution in [0.3, 0.4) is 0 Å². The van der Waals surface area contributed by atoms with Crippen molar-refractivity contribution in [1.82, 2.24) is 0 Å².